The highest BCUT2D eigenvalue weighted by Gasteiger charge is 2.09. The van der Waals surface area contributed by atoms with Crippen LogP contribution in [0.2, 0.25) is 0 Å². The van der Waals surface area contributed by atoms with Crippen molar-refractivity contribution >= 4 is 23.1 Å². The van der Waals surface area contributed by atoms with Crippen molar-refractivity contribution in [2.24, 2.45) is 0 Å². The predicted molar refractivity (Wildman–Crippen MR) is 106 cm³/mol. The normalized spacial score (nSPS) is 10.2. The summed E-state index contributed by atoms with van der Waals surface area (Å²) in [5.74, 6) is 1.08. The standard InChI is InChI=1S/C21H20FN3O3/c1-27-18-8-6-14(10-19(18)28-2)11-21(26)25-20-9-7-17(13-23-20)24-16-5-3-4-15(22)12-16/h3-10,12-13,24H,11H2,1-2H3,(H,23,25,26). The first kappa shape index (κ1) is 19.2. The fourth-order valence-corrected chi connectivity index (χ4v) is 2.64. The fourth-order valence-electron chi connectivity index (χ4n) is 2.64. The van der Waals surface area contributed by atoms with Gasteiger partial charge in [-0.25, -0.2) is 9.37 Å². The van der Waals surface area contributed by atoms with E-state index in [9.17, 15) is 9.18 Å². The predicted octanol–water partition coefficient (Wildman–Crippen LogP) is 4.16. The number of carbonyl (C=O) groups is 1. The van der Waals surface area contributed by atoms with E-state index in [1.807, 2.05) is 0 Å². The Balaban J connectivity index is 1.60. The first-order valence-electron chi connectivity index (χ1n) is 8.57. The van der Waals surface area contributed by atoms with Gasteiger partial charge >= 0.3 is 0 Å². The Kier molecular flexibility index (Phi) is 6.06. The molecule has 1 heterocycles. The van der Waals surface area contributed by atoms with Crippen molar-refractivity contribution in [1.29, 1.82) is 0 Å². The molecule has 0 saturated carbocycles. The van der Waals surface area contributed by atoms with Crippen LogP contribution in [0.15, 0.2) is 60.8 Å². The zero-order chi connectivity index (χ0) is 19.9. The van der Waals surface area contributed by atoms with E-state index in [0.29, 0.717) is 28.7 Å². The molecule has 1 amide bonds. The van der Waals surface area contributed by atoms with Crippen LogP contribution in [0.25, 0.3) is 0 Å². The average Bonchev–Trinajstić information content (AvgIpc) is 2.69. The maximum absolute atomic E-state index is 13.2. The van der Waals surface area contributed by atoms with E-state index in [0.717, 1.165) is 5.56 Å². The molecule has 0 saturated heterocycles. The number of rotatable bonds is 7. The van der Waals surface area contributed by atoms with Gasteiger partial charge in [0.2, 0.25) is 5.91 Å². The van der Waals surface area contributed by atoms with E-state index in [2.05, 4.69) is 15.6 Å². The lowest BCUT2D eigenvalue weighted by molar-refractivity contribution is -0.115. The van der Waals surface area contributed by atoms with Crippen LogP contribution in [0.1, 0.15) is 5.56 Å². The number of nitrogens with one attached hydrogen (secondary N) is 2. The van der Waals surface area contributed by atoms with Gasteiger partial charge in [-0.3, -0.25) is 4.79 Å². The van der Waals surface area contributed by atoms with Crippen LogP contribution in [0.3, 0.4) is 0 Å². The first-order chi connectivity index (χ1) is 13.6. The minimum atomic E-state index is -0.322. The number of halogens is 1. The minimum absolute atomic E-state index is 0.172. The number of hydrogen-bond acceptors (Lipinski definition) is 5. The summed E-state index contributed by atoms with van der Waals surface area (Å²) < 4.78 is 23.7. The van der Waals surface area contributed by atoms with Gasteiger partial charge in [-0.05, 0) is 48.0 Å². The third-order valence-corrected chi connectivity index (χ3v) is 3.96. The van der Waals surface area contributed by atoms with Gasteiger partial charge in [0.25, 0.3) is 0 Å². The van der Waals surface area contributed by atoms with Crippen LogP contribution in [0.5, 0.6) is 11.5 Å². The van der Waals surface area contributed by atoms with E-state index < -0.39 is 0 Å². The summed E-state index contributed by atoms with van der Waals surface area (Å²) >= 11 is 0. The van der Waals surface area contributed by atoms with Gasteiger partial charge in [0, 0.05) is 5.69 Å². The van der Waals surface area contributed by atoms with Gasteiger partial charge in [0.05, 0.1) is 32.5 Å². The van der Waals surface area contributed by atoms with Crippen molar-refractivity contribution in [3.63, 3.8) is 0 Å². The maximum atomic E-state index is 13.2. The third-order valence-electron chi connectivity index (χ3n) is 3.96. The summed E-state index contributed by atoms with van der Waals surface area (Å²) in [5, 5.41) is 5.79. The molecule has 6 nitrogen and oxygen atoms in total. The second-order valence-electron chi connectivity index (χ2n) is 5.98. The second-order valence-corrected chi connectivity index (χ2v) is 5.98. The Labute approximate surface area is 162 Å². The fraction of sp³-hybridized carbons (Fsp3) is 0.143. The number of amides is 1. The molecule has 3 aromatic rings. The number of methoxy groups -OCH3 is 2. The molecule has 0 radical (unpaired) electrons. The molecule has 3 rings (SSSR count). The number of aromatic nitrogens is 1. The number of hydrogen-bond donors (Lipinski definition) is 2. The van der Waals surface area contributed by atoms with Crippen LogP contribution in [0, 0.1) is 5.82 Å². The number of benzene rings is 2. The number of nitrogens with zero attached hydrogens (tertiary/aromatic N) is 1. The van der Waals surface area contributed by atoms with Crippen molar-refractivity contribution in [3.8, 4) is 11.5 Å². The van der Waals surface area contributed by atoms with Crippen LogP contribution < -0.4 is 20.1 Å². The summed E-state index contributed by atoms with van der Waals surface area (Å²) in [4.78, 5) is 16.5. The first-order valence-corrected chi connectivity index (χ1v) is 8.57. The molecule has 144 valence electrons. The Morgan fingerprint density at radius 1 is 1.00 bits per heavy atom. The smallest absolute Gasteiger partial charge is 0.229 e. The Morgan fingerprint density at radius 3 is 2.50 bits per heavy atom. The highest BCUT2D eigenvalue weighted by atomic mass is 19.1. The van der Waals surface area contributed by atoms with Crippen molar-refractivity contribution in [3.05, 3.63) is 72.2 Å². The summed E-state index contributed by atoms with van der Waals surface area (Å²) in [5.41, 5.74) is 2.09. The minimum Gasteiger partial charge on any atom is -0.493 e. The lowest BCUT2D eigenvalue weighted by Gasteiger charge is -2.10. The van der Waals surface area contributed by atoms with Gasteiger partial charge in [0.1, 0.15) is 11.6 Å². The molecule has 1 aromatic heterocycles. The van der Waals surface area contributed by atoms with Gasteiger partial charge in [-0.15, -0.1) is 0 Å². The van der Waals surface area contributed by atoms with Crippen molar-refractivity contribution in [1.82, 2.24) is 4.98 Å². The van der Waals surface area contributed by atoms with Crippen LogP contribution in [-0.4, -0.2) is 25.1 Å². The topological polar surface area (TPSA) is 72.5 Å². The van der Waals surface area contributed by atoms with Crippen molar-refractivity contribution < 1.29 is 18.7 Å². The van der Waals surface area contributed by atoms with E-state index in [1.165, 1.54) is 12.1 Å². The largest absolute Gasteiger partial charge is 0.493 e. The van der Waals surface area contributed by atoms with Crippen LogP contribution >= 0.6 is 0 Å². The Hall–Kier alpha value is -3.61. The molecule has 7 heteroatoms. The van der Waals surface area contributed by atoms with Crippen LogP contribution in [0.4, 0.5) is 21.6 Å². The molecule has 0 aliphatic carbocycles. The lowest BCUT2D eigenvalue weighted by atomic mass is 10.1. The monoisotopic (exact) mass is 381 g/mol. The molecule has 2 N–H and O–H groups in total. The lowest BCUT2D eigenvalue weighted by Crippen LogP contribution is -2.15. The Bertz CT molecular complexity index is 961. The highest BCUT2D eigenvalue weighted by molar-refractivity contribution is 5.91. The molecule has 0 aliphatic rings. The molecular weight excluding hydrogens is 361 g/mol. The third kappa shape index (κ3) is 4.97. The second kappa shape index (κ2) is 8.85. The van der Waals surface area contributed by atoms with Gasteiger partial charge < -0.3 is 20.1 Å². The van der Waals surface area contributed by atoms with Crippen LogP contribution in [-0.2, 0) is 11.2 Å². The number of anilines is 3. The highest BCUT2D eigenvalue weighted by Crippen LogP contribution is 2.27. The molecule has 28 heavy (non-hydrogen) atoms. The number of pyridine rings is 1. The van der Waals surface area contributed by atoms with E-state index >= 15 is 0 Å². The molecule has 0 bridgehead atoms. The summed E-state index contributed by atoms with van der Waals surface area (Å²) in [6.07, 6.45) is 1.74. The molecule has 2 aromatic carbocycles. The van der Waals surface area contributed by atoms with Gasteiger partial charge in [-0.1, -0.05) is 12.1 Å². The van der Waals surface area contributed by atoms with E-state index in [4.69, 9.17) is 9.47 Å². The molecular formula is C21H20FN3O3. The van der Waals surface area contributed by atoms with Crippen molar-refractivity contribution in [2.45, 2.75) is 6.42 Å². The molecule has 0 spiro atoms. The summed E-state index contributed by atoms with van der Waals surface area (Å²) in [6.45, 7) is 0. The van der Waals surface area contributed by atoms with E-state index in [1.54, 1.807) is 62.9 Å². The molecule has 0 unspecified atom stereocenters. The van der Waals surface area contributed by atoms with E-state index in [-0.39, 0.29) is 18.1 Å². The van der Waals surface area contributed by atoms with Gasteiger partial charge in [0.15, 0.2) is 11.5 Å². The maximum Gasteiger partial charge on any atom is 0.229 e. The summed E-state index contributed by atoms with van der Waals surface area (Å²) in [6, 6.07) is 14.9. The summed E-state index contributed by atoms with van der Waals surface area (Å²) in [7, 11) is 3.10. The SMILES string of the molecule is COc1ccc(CC(=O)Nc2ccc(Nc3cccc(F)c3)cn2)cc1OC. The number of carbonyl (C=O) groups excluding carboxylic acids is 1. The Morgan fingerprint density at radius 2 is 1.82 bits per heavy atom. The zero-order valence-corrected chi connectivity index (χ0v) is 15.5. The molecule has 0 fully saturated rings. The number of ether oxygens (including phenoxy) is 2. The quantitative estimate of drug-likeness (QED) is 0.643. The van der Waals surface area contributed by atoms with Crippen molar-refractivity contribution in [2.75, 3.05) is 24.9 Å². The molecule has 0 aliphatic heterocycles. The molecule has 0 atom stereocenters. The zero-order valence-electron chi connectivity index (χ0n) is 15.5. The average molecular weight is 381 g/mol. The van der Waals surface area contributed by atoms with Gasteiger partial charge in [-0.2, -0.15) is 0 Å².